The Hall–Kier alpha value is -3.15. The van der Waals surface area contributed by atoms with E-state index in [1.807, 2.05) is 13.0 Å². The molecule has 0 amide bonds. The van der Waals surface area contributed by atoms with Crippen LogP contribution in [0.4, 0.5) is 19.1 Å². The van der Waals surface area contributed by atoms with Crippen LogP contribution in [0.5, 0.6) is 5.88 Å². The highest BCUT2D eigenvalue weighted by Crippen LogP contribution is 2.41. The number of aromatic nitrogens is 2. The number of hydrogen-bond donors (Lipinski definition) is 3. The van der Waals surface area contributed by atoms with E-state index in [1.54, 1.807) is 0 Å². The van der Waals surface area contributed by atoms with Crippen LogP contribution in [0.15, 0.2) is 42.5 Å². The van der Waals surface area contributed by atoms with E-state index in [1.165, 1.54) is 24.3 Å². The summed E-state index contributed by atoms with van der Waals surface area (Å²) >= 11 is 6.16. The largest absolute Gasteiger partial charge is 0.480 e. The van der Waals surface area contributed by atoms with Crippen molar-refractivity contribution in [2.75, 3.05) is 25.5 Å². The van der Waals surface area contributed by atoms with Gasteiger partial charge in [-0.05, 0) is 72.8 Å². The molecule has 0 unspecified atom stereocenters. The summed E-state index contributed by atoms with van der Waals surface area (Å²) in [7, 11) is 0. The molecule has 0 saturated carbocycles. The van der Waals surface area contributed by atoms with Crippen LogP contribution in [-0.2, 0) is 16.0 Å². The Morgan fingerprint density at radius 3 is 2.78 bits per heavy atom. The Kier molecular flexibility index (Phi) is 9.61. The lowest BCUT2D eigenvalue weighted by molar-refractivity contribution is -0.198. The summed E-state index contributed by atoms with van der Waals surface area (Å²) in [6, 6.07) is 4.90. The molecule has 1 saturated heterocycles. The second-order valence-electron chi connectivity index (χ2n) is 10.6. The molecule has 4 N–H and O–H groups in total. The van der Waals surface area contributed by atoms with Crippen LogP contribution >= 0.6 is 11.6 Å². The molecule has 1 aromatic carbocycles. The van der Waals surface area contributed by atoms with Crippen LogP contribution in [0, 0.1) is 5.41 Å². The number of rotatable bonds is 11. The van der Waals surface area contributed by atoms with E-state index >= 15 is 0 Å². The summed E-state index contributed by atoms with van der Waals surface area (Å²) < 4.78 is 54.3. The number of aliphatic carboxylic acids is 1. The molecule has 0 aliphatic carbocycles. The van der Waals surface area contributed by atoms with Crippen LogP contribution in [0.1, 0.15) is 62.0 Å². The summed E-state index contributed by atoms with van der Waals surface area (Å²) in [6.07, 6.45) is -1.92. The van der Waals surface area contributed by atoms with Gasteiger partial charge in [-0.15, -0.1) is 0 Å². The van der Waals surface area contributed by atoms with Crippen molar-refractivity contribution in [2.45, 2.75) is 63.8 Å². The van der Waals surface area contributed by atoms with Gasteiger partial charge < -0.3 is 25.6 Å². The Balaban J connectivity index is 1.56. The van der Waals surface area contributed by atoms with Gasteiger partial charge in [-0.2, -0.15) is 18.2 Å². The third-order valence-corrected chi connectivity index (χ3v) is 8.01. The van der Waals surface area contributed by atoms with Crippen LogP contribution in [0.3, 0.4) is 0 Å². The number of carbonyl (C=O) groups is 1. The van der Waals surface area contributed by atoms with Gasteiger partial charge in [-0.25, -0.2) is 4.98 Å². The van der Waals surface area contributed by atoms with Crippen molar-refractivity contribution in [3.05, 3.63) is 64.3 Å². The minimum atomic E-state index is -4.78. The molecule has 1 fully saturated rings. The first-order chi connectivity index (χ1) is 19.4. The van der Waals surface area contributed by atoms with Crippen molar-refractivity contribution in [3.8, 4) is 5.88 Å². The van der Waals surface area contributed by atoms with Crippen LogP contribution in [-0.4, -0.2) is 53.0 Å². The Morgan fingerprint density at radius 1 is 1.37 bits per heavy atom. The van der Waals surface area contributed by atoms with Crippen molar-refractivity contribution in [3.63, 3.8) is 0 Å². The van der Waals surface area contributed by atoms with Gasteiger partial charge in [-0.3, -0.25) is 4.79 Å². The van der Waals surface area contributed by atoms with Crippen LogP contribution in [0.25, 0.3) is 5.57 Å². The summed E-state index contributed by atoms with van der Waals surface area (Å²) in [4.78, 5) is 19.5. The number of carboxylic acids is 1. The quantitative estimate of drug-likeness (QED) is 0.274. The van der Waals surface area contributed by atoms with E-state index in [2.05, 4.69) is 21.9 Å². The molecule has 2 aliphatic heterocycles. The molecule has 222 valence electrons. The van der Waals surface area contributed by atoms with E-state index < -0.39 is 24.3 Å². The molecule has 3 atom stereocenters. The maximum Gasteiger partial charge on any atom is 0.429 e. The lowest BCUT2D eigenvalue weighted by atomic mass is 9.77. The molecule has 2 aliphatic rings. The fourth-order valence-corrected chi connectivity index (χ4v) is 5.54. The minimum absolute atomic E-state index is 0.0856. The molecule has 0 radical (unpaired) electrons. The van der Waals surface area contributed by atoms with Gasteiger partial charge in [-0.1, -0.05) is 37.2 Å². The average molecular weight is 595 g/mol. The fraction of sp³-hybridized carbons (Fsp3) is 0.483. The van der Waals surface area contributed by atoms with Crippen molar-refractivity contribution >= 4 is 29.1 Å². The Bertz CT molecular complexity index is 1320. The number of nitrogen functional groups attached to an aromatic ring is 1. The van der Waals surface area contributed by atoms with Crippen molar-refractivity contribution < 1.29 is 32.5 Å². The van der Waals surface area contributed by atoms with Gasteiger partial charge in [0.1, 0.15) is 6.04 Å². The van der Waals surface area contributed by atoms with E-state index in [9.17, 15) is 23.1 Å². The number of nitrogens with zero attached hydrogens (tertiary/aromatic N) is 2. The van der Waals surface area contributed by atoms with Gasteiger partial charge >= 0.3 is 12.1 Å². The van der Waals surface area contributed by atoms with Gasteiger partial charge in [0.05, 0.1) is 18.9 Å². The standard InChI is InChI=1S/C29H34ClF3N4O4/c1-3-28(14-23(26(38)39)35-16-28)9-8-17(2)22-13-24(37-27(34)36-22)41-25(29(31,32)33)21-7-6-20(30)12-19(21)11-18-5-4-10-40-15-18/h5-7,12-13,23,25,35H,2-4,8-11,14-16H2,1H3,(H,38,39)(H2,34,36,37)/t23-,25-,28-/m1/s1. The van der Waals surface area contributed by atoms with Gasteiger partial charge in [0.25, 0.3) is 0 Å². The smallest absolute Gasteiger partial charge is 0.429 e. The maximum absolute atomic E-state index is 14.4. The van der Waals surface area contributed by atoms with E-state index in [4.69, 9.17) is 26.8 Å². The SMILES string of the molecule is C=C(CC[C@@]1(CC)CN[C@@H](C(=O)O)C1)c1cc(O[C@H](c2ccc(Cl)cc2CC2=CCCOC2)C(F)(F)F)nc(N)n1. The first-order valence-electron chi connectivity index (χ1n) is 13.5. The zero-order valence-electron chi connectivity index (χ0n) is 22.8. The van der Waals surface area contributed by atoms with Crippen molar-refractivity contribution in [1.82, 2.24) is 15.3 Å². The van der Waals surface area contributed by atoms with Crippen LogP contribution < -0.4 is 15.8 Å². The number of anilines is 1. The summed E-state index contributed by atoms with van der Waals surface area (Å²) in [5, 5.41) is 12.7. The molecule has 0 bridgehead atoms. The summed E-state index contributed by atoms with van der Waals surface area (Å²) in [6.45, 7) is 7.53. The zero-order chi connectivity index (χ0) is 29.8. The molecule has 1 aromatic heterocycles. The van der Waals surface area contributed by atoms with E-state index in [-0.39, 0.29) is 34.9 Å². The number of ether oxygens (including phenoxy) is 2. The Morgan fingerprint density at radius 2 is 2.15 bits per heavy atom. The number of nitrogens with one attached hydrogen (secondary N) is 1. The monoisotopic (exact) mass is 594 g/mol. The van der Waals surface area contributed by atoms with Crippen molar-refractivity contribution in [2.24, 2.45) is 5.41 Å². The topological polar surface area (TPSA) is 120 Å². The molecule has 12 heteroatoms. The number of alkyl halides is 3. The number of benzene rings is 1. The minimum Gasteiger partial charge on any atom is -0.480 e. The summed E-state index contributed by atoms with van der Waals surface area (Å²) in [5.74, 6) is -1.48. The molecule has 0 spiro atoms. The van der Waals surface area contributed by atoms with E-state index in [0.717, 1.165) is 12.0 Å². The predicted octanol–water partition coefficient (Wildman–Crippen LogP) is 5.92. The lowest BCUT2D eigenvalue weighted by Crippen LogP contribution is -2.30. The highest BCUT2D eigenvalue weighted by molar-refractivity contribution is 6.30. The Labute approximate surface area is 241 Å². The number of carboxylic acid groups (broad SMARTS) is 1. The highest BCUT2D eigenvalue weighted by Gasteiger charge is 2.45. The molecular formula is C29H34ClF3N4O4. The first-order valence-corrected chi connectivity index (χ1v) is 13.8. The summed E-state index contributed by atoms with van der Waals surface area (Å²) in [5.41, 5.74) is 7.59. The highest BCUT2D eigenvalue weighted by atomic mass is 35.5. The third-order valence-electron chi connectivity index (χ3n) is 7.77. The van der Waals surface area contributed by atoms with Gasteiger partial charge in [0.2, 0.25) is 17.9 Å². The number of nitrogens with two attached hydrogens (primary N) is 1. The number of hydrogen-bond acceptors (Lipinski definition) is 7. The first kappa shape index (κ1) is 30.8. The van der Waals surface area contributed by atoms with E-state index in [0.29, 0.717) is 61.6 Å². The van der Waals surface area contributed by atoms with Crippen molar-refractivity contribution in [1.29, 1.82) is 0 Å². The zero-order valence-corrected chi connectivity index (χ0v) is 23.5. The number of allylic oxidation sites excluding steroid dienone is 1. The second-order valence-corrected chi connectivity index (χ2v) is 11.1. The molecule has 4 rings (SSSR count). The van der Waals surface area contributed by atoms with Gasteiger partial charge in [0, 0.05) is 23.2 Å². The lowest BCUT2D eigenvalue weighted by Gasteiger charge is -2.27. The maximum atomic E-state index is 14.4. The van der Waals surface area contributed by atoms with Gasteiger partial charge in [0.15, 0.2) is 0 Å². The fourth-order valence-electron chi connectivity index (χ4n) is 5.34. The molecular weight excluding hydrogens is 561 g/mol. The normalized spacial score (nSPS) is 21.8. The average Bonchev–Trinajstić information content (AvgIpc) is 3.36. The van der Waals surface area contributed by atoms with Crippen LogP contribution in [0.2, 0.25) is 5.02 Å². The molecule has 8 nitrogen and oxygen atoms in total. The molecule has 2 aromatic rings. The molecule has 41 heavy (non-hydrogen) atoms. The second kappa shape index (κ2) is 12.8. The predicted molar refractivity (Wildman–Crippen MR) is 150 cm³/mol. The number of halogens is 4. The third kappa shape index (κ3) is 7.78. The molecule has 3 heterocycles.